The fraction of sp³-hybridized carbons (Fsp3) is 0.455. The number of ether oxygens (including phenoxy) is 2. The summed E-state index contributed by atoms with van der Waals surface area (Å²) in [6.07, 6.45) is 3.91. The summed E-state index contributed by atoms with van der Waals surface area (Å²) < 4.78 is 38.5. The first-order valence-electron chi connectivity index (χ1n) is 10.6. The quantitative estimate of drug-likeness (QED) is 0.678. The maximum atomic E-state index is 13.2. The molecule has 2 aromatic rings. The molecule has 0 unspecified atom stereocenters. The molecule has 0 aliphatic carbocycles. The fourth-order valence-electron chi connectivity index (χ4n) is 4.06. The molecule has 4 rings (SSSR count). The maximum Gasteiger partial charge on any atom is 0.244 e. The zero-order valence-corrected chi connectivity index (χ0v) is 18.4. The normalized spacial score (nSPS) is 17.3. The van der Waals surface area contributed by atoms with Crippen molar-refractivity contribution in [3.05, 3.63) is 48.3 Å². The van der Waals surface area contributed by atoms with Crippen molar-refractivity contribution in [3.8, 4) is 11.5 Å². The molecule has 166 valence electrons. The Kier molecular flexibility index (Phi) is 6.43. The number of piperidine rings is 1. The van der Waals surface area contributed by atoms with Crippen molar-refractivity contribution in [2.24, 2.45) is 5.92 Å². The van der Waals surface area contributed by atoms with Gasteiger partial charge in [-0.2, -0.15) is 4.31 Å². The van der Waals surface area contributed by atoms with E-state index in [1.54, 1.807) is 18.3 Å². The summed E-state index contributed by atoms with van der Waals surface area (Å²) in [6, 6.07) is 8.88. The summed E-state index contributed by atoms with van der Waals surface area (Å²) in [7, 11) is -3.58. The molecule has 0 radical (unpaired) electrons. The van der Waals surface area contributed by atoms with Crippen LogP contribution in [0.1, 0.15) is 25.3 Å². The highest BCUT2D eigenvalue weighted by atomic mass is 32.2. The van der Waals surface area contributed by atoms with Crippen LogP contribution in [0.2, 0.25) is 0 Å². The molecule has 0 N–H and O–H groups in total. The van der Waals surface area contributed by atoms with Crippen molar-refractivity contribution in [2.75, 3.05) is 32.8 Å². The topological polar surface area (TPSA) is 89.0 Å². The molecule has 9 heteroatoms. The minimum absolute atomic E-state index is 0.0512. The Morgan fingerprint density at radius 3 is 2.65 bits per heavy atom. The number of benzene rings is 1. The second-order valence-corrected chi connectivity index (χ2v) is 9.60. The highest BCUT2D eigenvalue weighted by Gasteiger charge is 2.34. The molecule has 2 aliphatic rings. The van der Waals surface area contributed by atoms with Gasteiger partial charge in [-0.25, -0.2) is 8.42 Å². The number of carbonyl (C=O) groups is 1. The van der Waals surface area contributed by atoms with Gasteiger partial charge in [0.2, 0.25) is 15.9 Å². The van der Waals surface area contributed by atoms with Crippen LogP contribution in [-0.2, 0) is 21.4 Å². The number of aromatic nitrogens is 1. The number of fused-ring (bicyclic) bond motifs is 1. The van der Waals surface area contributed by atoms with Gasteiger partial charge in [0.05, 0.1) is 0 Å². The number of pyridine rings is 1. The van der Waals surface area contributed by atoms with E-state index in [1.165, 1.54) is 10.5 Å². The van der Waals surface area contributed by atoms with Crippen LogP contribution in [0.25, 0.3) is 0 Å². The Morgan fingerprint density at radius 1 is 1.16 bits per heavy atom. The average Bonchev–Trinajstić information content (AvgIpc) is 2.83. The number of nitrogens with zero attached hydrogens (tertiary/aromatic N) is 3. The Hall–Kier alpha value is -2.65. The van der Waals surface area contributed by atoms with Crippen LogP contribution in [0.15, 0.2) is 47.6 Å². The van der Waals surface area contributed by atoms with Crippen LogP contribution >= 0.6 is 0 Å². The highest BCUT2D eigenvalue weighted by Crippen LogP contribution is 2.35. The van der Waals surface area contributed by atoms with Gasteiger partial charge in [-0.15, -0.1) is 0 Å². The van der Waals surface area contributed by atoms with Crippen molar-refractivity contribution in [1.29, 1.82) is 0 Å². The minimum Gasteiger partial charge on any atom is -0.486 e. The highest BCUT2D eigenvalue weighted by molar-refractivity contribution is 7.89. The van der Waals surface area contributed by atoms with Crippen LogP contribution in [0.4, 0.5) is 0 Å². The monoisotopic (exact) mass is 445 g/mol. The first-order chi connectivity index (χ1) is 15.0. The summed E-state index contributed by atoms with van der Waals surface area (Å²) in [4.78, 5) is 19.1. The predicted octanol–water partition coefficient (Wildman–Crippen LogP) is 2.30. The van der Waals surface area contributed by atoms with Gasteiger partial charge in [0.1, 0.15) is 18.1 Å². The van der Waals surface area contributed by atoms with E-state index in [0.717, 1.165) is 5.56 Å². The van der Waals surface area contributed by atoms with Crippen molar-refractivity contribution in [3.63, 3.8) is 0 Å². The number of hydrogen-bond acceptors (Lipinski definition) is 6. The molecule has 0 spiro atoms. The molecule has 1 aromatic heterocycles. The number of hydrogen-bond donors (Lipinski definition) is 0. The lowest BCUT2D eigenvalue weighted by molar-refractivity contribution is -0.137. The van der Waals surface area contributed by atoms with Crippen LogP contribution in [0, 0.1) is 5.92 Å². The minimum atomic E-state index is -3.58. The summed E-state index contributed by atoms with van der Waals surface area (Å²) in [5.41, 5.74) is 0.920. The lowest BCUT2D eigenvalue weighted by Crippen LogP contribution is -2.44. The molecular weight excluding hydrogens is 418 g/mol. The number of para-hydroxylation sites is 1. The molecule has 1 saturated heterocycles. The van der Waals surface area contributed by atoms with Gasteiger partial charge in [-0.3, -0.25) is 9.78 Å². The Balaban J connectivity index is 1.41. The van der Waals surface area contributed by atoms with Crippen molar-refractivity contribution < 1.29 is 22.7 Å². The molecule has 0 bridgehead atoms. The SMILES string of the molecule is CCN(Cc1cccc2c1OCCO2)C(=O)C1CCN(S(=O)(=O)c2cccnc2)CC1. The fourth-order valence-corrected chi connectivity index (χ4v) is 5.49. The standard InChI is InChI=1S/C22H27N3O5S/c1-2-24(16-18-5-3-7-20-21(18)30-14-13-29-20)22(26)17-8-11-25(12-9-17)31(27,28)19-6-4-10-23-15-19/h3-7,10,15,17H,2,8-9,11-14,16H2,1H3. The lowest BCUT2D eigenvalue weighted by atomic mass is 9.96. The third kappa shape index (κ3) is 4.52. The van der Waals surface area contributed by atoms with Gasteiger partial charge in [0.15, 0.2) is 11.5 Å². The van der Waals surface area contributed by atoms with E-state index in [2.05, 4.69) is 4.98 Å². The van der Waals surface area contributed by atoms with E-state index in [-0.39, 0.29) is 16.7 Å². The number of sulfonamides is 1. The smallest absolute Gasteiger partial charge is 0.244 e. The molecule has 2 aliphatic heterocycles. The summed E-state index contributed by atoms with van der Waals surface area (Å²) >= 11 is 0. The molecule has 0 atom stereocenters. The first kappa shape index (κ1) is 21.6. The molecular formula is C22H27N3O5S. The lowest BCUT2D eigenvalue weighted by Gasteiger charge is -2.33. The van der Waals surface area contributed by atoms with Crippen molar-refractivity contribution in [1.82, 2.24) is 14.2 Å². The zero-order valence-electron chi connectivity index (χ0n) is 17.6. The summed E-state index contributed by atoms with van der Waals surface area (Å²) in [6.45, 7) is 4.62. The number of carbonyl (C=O) groups excluding carboxylic acids is 1. The van der Waals surface area contributed by atoms with Crippen LogP contribution in [-0.4, -0.2) is 61.4 Å². The van der Waals surface area contributed by atoms with Crippen molar-refractivity contribution >= 4 is 15.9 Å². The first-order valence-corrected chi connectivity index (χ1v) is 12.0. The number of rotatable bonds is 6. The molecule has 1 aromatic carbocycles. The van der Waals surface area contributed by atoms with E-state index >= 15 is 0 Å². The third-order valence-corrected chi connectivity index (χ3v) is 7.66. The van der Waals surface area contributed by atoms with Crippen LogP contribution < -0.4 is 9.47 Å². The second-order valence-electron chi connectivity index (χ2n) is 7.66. The molecule has 3 heterocycles. The van der Waals surface area contributed by atoms with Gasteiger partial charge in [0.25, 0.3) is 0 Å². The van der Waals surface area contributed by atoms with Crippen molar-refractivity contribution in [2.45, 2.75) is 31.2 Å². The average molecular weight is 446 g/mol. The van der Waals surface area contributed by atoms with Gasteiger partial charge in [-0.05, 0) is 38.0 Å². The molecule has 1 amide bonds. The Bertz CT molecular complexity index is 1020. The van der Waals surface area contributed by atoms with Gasteiger partial charge >= 0.3 is 0 Å². The van der Waals surface area contributed by atoms with E-state index in [1.807, 2.05) is 30.0 Å². The second kappa shape index (κ2) is 9.23. The Morgan fingerprint density at radius 2 is 1.94 bits per heavy atom. The van der Waals surface area contributed by atoms with E-state index < -0.39 is 10.0 Å². The summed E-state index contributed by atoms with van der Waals surface area (Å²) in [5.74, 6) is 1.27. The molecule has 1 fully saturated rings. The van der Waals surface area contributed by atoms with Gasteiger partial charge < -0.3 is 14.4 Å². The van der Waals surface area contributed by atoms with Crippen LogP contribution in [0.5, 0.6) is 11.5 Å². The van der Waals surface area contributed by atoms with E-state index in [0.29, 0.717) is 63.7 Å². The van der Waals surface area contributed by atoms with E-state index in [9.17, 15) is 13.2 Å². The largest absolute Gasteiger partial charge is 0.486 e. The zero-order chi connectivity index (χ0) is 21.8. The van der Waals surface area contributed by atoms with Crippen LogP contribution in [0.3, 0.4) is 0 Å². The Labute approximate surface area is 182 Å². The third-order valence-electron chi connectivity index (χ3n) is 5.78. The maximum absolute atomic E-state index is 13.2. The number of amides is 1. The molecule has 31 heavy (non-hydrogen) atoms. The van der Waals surface area contributed by atoms with Gasteiger partial charge in [-0.1, -0.05) is 12.1 Å². The summed E-state index contributed by atoms with van der Waals surface area (Å²) in [5, 5.41) is 0. The molecule has 0 saturated carbocycles. The van der Waals surface area contributed by atoms with E-state index in [4.69, 9.17) is 9.47 Å². The predicted molar refractivity (Wildman–Crippen MR) is 114 cm³/mol. The molecule has 8 nitrogen and oxygen atoms in total. The van der Waals surface area contributed by atoms with Gasteiger partial charge in [0, 0.05) is 50.1 Å².